The molecular formula is C17H22NO4+. The molecule has 1 N–H and O–H groups in total. The number of aliphatic hydroxyl groups is 1. The van der Waals surface area contributed by atoms with Gasteiger partial charge in [-0.05, 0) is 26.0 Å². The molecule has 5 heteroatoms. The van der Waals surface area contributed by atoms with Gasteiger partial charge in [-0.1, -0.05) is 6.07 Å². The van der Waals surface area contributed by atoms with E-state index >= 15 is 0 Å². The van der Waals surface area contributed by atoms with Crippen molar-refractivity contribution in [1.29, 1.82) is 0 Å². The number of aryl methyl sites for hydroxylation is 1. The van der Waals surface area contributed by atoms with Gasteiger partial charge in [0.15, 0.2) is 5.75 Å². The molecule has 0 spiro atoms. The summed E-state index contributed by atoms with van der Waals surface area (Å²) >= 11 is 0. The molecule has 22 heavy (non-hydrogen) atoms. The fraction of sp³-hybridized carbons (Fsp3) is 0.471. The van der Waals surface area contributed by atoms with Crippen molar-refractivity contribution in [2.45, 2.75) is 32.0 Å². The molecule has 3 rings (SSSR count). The molecule has 1 aromatic carbocycles. The van der Waals surface area contributed by atoms with E-state index in [1.807, 2.05) is 43.7 Å². The van der Waals surface area contributed by atoms with E-state index in [4.69, 9.17) is 14.2 Å². The van der Waals surface area contributed by atoms with Gasteiger partial charge in [-0.2, -0.15) is 4.57 Å². The van der Waals surface area contributed by atoms with Crippen LogP contribution in [-0.2, 0) is 13.5 Å². The SMILES string of the molecule is COc1c2c([n+](C)c3c(OC)cccc13)OC(C)(C)[C@H](O)C2. The van der Waals surface area contributed by atoms with Crippen LogP contribution in [0.15, 0.2) is 18.2 Å². The normalized spacial score (nSPS) is 19.5. The number of nitrogens with zero attached hydrogens (tertiary/aromatic N) is 1. The van der Waals surface area contributed by atoms with Crippen molar-refractivity contribution >= 4 is 10.9 Å². The van der Waals surface area contributed by atoms with Gasteiger partial charge in [0.2, 0.25) is 0 Å². The minimum atomic E-state index is -0.647. The fourth-order valence-corrected chi connectivity index (χ4v) is 3.08. The predicted molar refractivity (Wildman–Crippen MR) is 82.6 cm³/mol. The maximum atomic E-state index is 10.4. The lowest BCUT2D eigenvalue weighted by Crippen LogP contribution is -2.50. The van der Waals surface area contributed by atoms with E-state index in [0.29, 0.717) is 12.3 Å². The minimum Gasteiger partial charge on any atom is -0.495 e. The Hall–Kier alpha value is -2.01. The van der Waals surface area contributed by atoms with Gasteiger partial charge in [0, 0.05) is 6.42 Å². The molecule has 2 heterocycles. The van der Waals surface area contributed by atoms with E-state index in [1.165, 1.54) is 0 Å². The summed E-state index contributed by atoms with van der Waals surface area (Å²) in [5.74, 6) is 2.20. The summed E-state index contributed by atoms with van der Waals surface area (Å²) < 4.78 is 19.2. The second-order valence-electron chi connectivity index (χ2n) is 6.16. The Kier molecular flexibility index (Phi) is 3.40. The first-order valence-corrected chi connectivity index (χ1v) is 7.33. The summed E-state index contributed by atoms with van der Waals surface area (Å²) in [4.78, 5) is 0. The Morgan fingerprint density at radius 3 is 2.64 bits per heavy atom. The lowest BCUT2D eigenvalue weighted by molar-refractivity contribution is -0.654. The van der Waals surface area contributed by atoms with Crippen LogP contribution in [0.5, 0.6) is 17.4 Å². The lowest BCUT2D eigenvalue weighted by Gasteiger charge is -2.35. The van der Waals surface area contributed by atoms with E-state index in [9.17, 15) is 5.11 Å². The molecule has 5 nitrogen and oxygen atoms in total. The van der Waals surface area contributed by atoms with E-state index < -0.39 is 11.7 Å². The van der Waals surface area contributed by atoms with Gasteiger partial charge in [0.05, 0.1) is 25.7 Å². The molecule has 1 aliphatic heterocycles. The van der Waals surface area contributed by atoms with E-state index in [-0.39, 0.29) is 0 Å². The largest absolute Gasteiger partial charge is 0.495 e. The van der Waals surface area contributed by atoms with Crippen LogP contribution >= 0.6 is 0 Å². The average molecular weight is 304 g/mol. The Bertz CT molecular complexity index is 739. The van der Waals surface area contributed by atoms with Crippen molar-refractivity contribution in [3.05, 3.63) is 23.8 Å². The highest BCUT2D eigenvalue weighted by Gasteiger charge is 2.43. The fourth-order valence-electron chi connectivity index (χ4n) is 3.08. The molecule has 0 aliphatic carbocycles. The Morgan fingerprint density at radius 2 is 2.00 bits per heavy atom. The van der Waals surface area contributed by atoms with Crippen LogP contribution in [0.3, 0.4) is 0 Å². The van der Waals surface area contributed by atoms with Crippen molar-refractivity contribution in [3.63, 3.8) is 0 Å². The third-order valence-electron chi connectivity index (χ3n) is 4.40. The summed E-state index contributed by atoms with van der Waals surface area (Å²) in [7, 11) is 5.23. The van der Waals surface area contributed by atoms with Gasteiger partial charge in [0.25, 0.3) is 5.52 Å². The third kappa shape index (κ3) is 2.00. The number of aromatic nitrogens is 1. The smallest absolute Gasteiger partial charge is 0.376 e. The highest BCUT2D eigenvalue weighted by atomic mass is 16.5. The van der Waals surface area contributed by atoms with Crippen molar-refractivity contribution in [3.8, 4) is 17.4 Å². The van der Waals surface area contributed by atoms with Crippen molar-refractivity contribution < 1.29 is 23.9 Å². The molecule has 0 bridgehead atoms. The first kappa shape index (κ1) is 14.9. The molecule has 1 aliphatic rings. The number of methoxy groups -OCH3 is 2. The second kappa shape index (κ2) is 5.02. The van der Waals surface area contributed by atoms with Crippen LogP contribution in [0, 0.1) is 0 Å². The van der Waals surface area contributed by atoms with Crippen molar-refractivity contribution in [2.75, 3.05) is 14.2 Å². The summed E-state index contributed by atoms with van der Waals surface area (Å²) in [6.45, 7) is 3.78. The molecular weight excluding hydrogens is 282 g/mol. The number of benzene rings is 1. The van der Waals surface area contributed by atoms with E-state index in [2.05, 4.69) is 0 Å². The highest BCUT2D eigenvalue weighted by molar-refractivity contribution is 5.89. The number of hydrogen-bond acceptors (Lipinski definition) is 4. The first-order valence-electron chi connectivity index (χ1n) is 7.33. The molecule has 0 fully saturated rings. The van der Waals surface area contributed by atoms with Gasteiger partial charge in [-0.3, -0.25) is 0 Å². The van der Waals surface area contributed by atoms with Gasteiger partial charge in [-0.25, -0.2) is 0 Å². The van der Waals surface area contributed by atoms with Gasteiger partial charge in [-0.15, -0.1) is 0 Å². The molecule has 1 atom stereocenters. The summed E-state index contributed by atoms with van der Waals surface area (Å²) in [5, 5.41) is 11.3. The number of hydrogen-bond donors (Lipinski definition) is 1. The number of pyridine rings is 1. The van der Waals surface area contributed by atoms with Gasteiger partial charge in [0.1, 0.15) is 24.0 Å². The third-order valence-corrected chi connectivity index (χ3v) is 4.40. The highest BCUT2D eigenvalue weighted by Crippen LogP contribution is 2.41. The summed E-state index contributed by atoms with van der Waals surface area (Å²) in [6, 6.07) is 5.83. The Balaban J connectivity index is 2.40. The standard InChI is InChI=1S/C17H22NO4/c1-17(2)13(19)9-11-15(21-5)10-7-6-8-12(20-4)14(10)18(3)16(11)22-17/h6-8,13,19H,9H2,1-5H3/q+1/t13-/m1/s1. The summed E-state index contributed by atoms with van der Waals surface area (Å²) in [6.07, 6.45) is -0.0936. The van der Waals surface area contributed by atoms with E-state index in [1.54, 1.807) is 14.2 Å². The van der Waals surface area contributed by atoms with Gasteiger partial charge < -0.3 is 19.3 Å². The maximum absolute atomic E-state index is 10.4. The molecule has 1 aromatic heterocycles. The van der Waals surface area contributed by atoms with Crippen LogP contribution in [0.4, 0.5) is 0 Å². The number of rotatable bonds is 2. The van der Waals surface area contributed by atoms with Crippen LogP contribution in [0.1, 0.15) is 19.4 Å². The number of fused-ring (bicyclic) bond motifs is 2. The van der Waals surface area contributed by atoms with Gasteiger partial charge >= 0.3 is 5.88 Å². The van der Waals surface area contributed by atoms with E-state index in [0.717, 1.165) is 28.0 Å². The van der Waals surface area contributed by atoms with Crippen LogP contribution in [0.2, 0.25) is 0 Å². The van der Waals surface area contributed by atoms with Crippen LogP contribution in [0.25, 0.3) is 10.9 Å². The quantitative estimate of drug-likeness (QED) is 0.859. The second-order valence-corrected chi connectivity index (χ2v) is 6.16. The summed E-state index contributed by atoms with van der Waals surface area (Å²) in [5.41, 5.74) is 1.15. The number of para-hydroxylation sites is 1. The number of ether oxygens (including phenoxy) is 3. The number of aliphatic hydroxyl groups excluding tert-OH is 1. The maximum Gasteiger partial charge on any atom is 0.376 e. The average Bonchev–Trinajstić information content (AvgIpc) is 2.49. The monoisotopic (exact) mass is 304 g/mol. The predicted octanol–water partition coefficient (Wildman–Crippen LogP) is 1.76. The Labute approximate surface area is 130 Å². The molecule has 2 aromatic rings. The van der Waals surface area contributed by atoms with Crippen molar-refractivity contribution in [2.24, 2.45) is 7.05 Å². The zero-order valence-corrected chi connectivity index (χ0v) is 13.6. The van der Waals surface area contributed by atoms with Crippen LogP contribution in [-0.4, -0.2) is 31.0 Å². The molecule has 0 saturated carbocycles. The van der Waals surface area contributed by atoms with Crippen LogP contribution < -0.4 is 18.8 Å². The topological polar surface area (TPSA) is 51.8 Å². The minimum absolute atomic E-state index is 0.493. The zero-order valence-electron chi connectivity index (χ0n) is 13.6. The first-order chi connectivity index (χ1) is 10.4. The Morgan fingerprint density at radius 1 is 1.27 bits per heavy atom. The lowest BCUT2D eigenvalue weighted by atomic mass is 9.91. The molecule has 0 unspecified atom stereocenters. The molecule has 0 amide bonds. The molecule has 118 valence electrons. The zero-order chi connectivity index (χ0) is 16.1. The molecule has 0 radical (unpaired) electrons. The van der Waals surface area contributed by atoms with Crippen molar-refractivity contribution in [1.82, 2.24) is 0 Å². The molecule has 0 saturated heterocycles.